The van der Waals surface area contributed by atoms with Gasteiger partial charge in [-0.15, -0.1) is 0 Å². The SMILES string of the molecule is COc1cc(C=Nn2c(-c3cc4cc(Cl)ccc4o3)nc3ccccc3c2=O)cc(I)c1OCC(N)=O. The molecular formula is C26H18ClIN4O5. The Hall–Kier alpha value is -3.90. The topological polar surface area (TPSA) is 122 Å². The third-order valence-electron chi connectivity index (χ3n) is 5.39. The summed E-state index contributed by atoms with van der Waals surface area (Å²) >= 11 is 8.19. The van der Waals surface area contributed by atoms with Gasteiger partial charge in [-0.2, -0.15) is 9.78 Å². The summed E-state index contributed by atoms with van der Waals surface area (Å²) in [4.78, 5) is 29.3. The molecule has 5 aromatic rings. The number of hydrogen-bond donors (Lipinski definition) is 1. The van der Waals surface area contributed by atoms with Gasteiger partial charge in [-0.05, 0) is 76.7 Å². The van der Waals surface area contributed by atoms with Gasteiger partial charge < -0.3 is 19.6 Å². The molecule has 0 bridgehead atoms. The molecule has 0 aliphatic heterocycles. The van der Waals surface area contributed by atoms with Crippen molar-refractivity contribution < 1.29 is 18.7 Å². The number of aromatic nitrogens is 2. The second kappa shape index (κ2) is 10.2. The highest BCUT2D eigenvalue weighted by atomic mass is 127. The highest BCUT2D eigenvalue weighted by Crippen LogP contribution is 2.34. The Morgan fingerprint density at radius 2 is 2.03 bits per heavy atom. The maximum atomic E-state index is 13.5. The van der Waals surface area contributed by atoms with E-state index in [0.29, 0.717) is 47.9 Å². The summed E-state index contributed by atoms with van der Waals surface area (Å²) in [7, 11) is 1.48. The molecule has 2 N–H and O–H groups in total. The molecule has 0 unspecified atom stereocenters. The van der Waals surface area contributed by atoms with Crippen LogP contribution in [0.5, 0.6) is 11.5 Å². The van der Waals surface area contributed by atoms with E-state index in [1.807, 2.05) is 0 Å². The monoisotopic (exact) mass is 628 g/mol. The molecule has 0 fully saturated rings. The number of carbonyl (C=O) groups excluding carboxylic acids is 1. The minimum absolute atomic E-state index is 0.232. The first-order valence-corrected chi connectivity index (χ1v) is 12.3. The lowest BCUT2D eigenvalue weighted by atomic mass is 10.2. The van der Waals surface area contributed by atoms with Gasteiger partial charge in [-0.1, -0.05) is 23.7 Å². The van der Waals surface area contributed by atoms with Crippen molar-refractivity contribution in [1.82, 2.24) is 9.66 Å². The standard InChI is InChI=1S/C26H18ClIN4O5/c1-35-21-9-14(8-18(28)24(21)36-13-23(29)33)12-30-32-25(31-19-5-3-2-4-17(19)26(32)34)22-11-15-10-16(27)6-7-20(15)37-22/h2-12H,13H2,1H3,(H2,29,33). The maximum absolute atomic E-state index is 13.5. The van der Waals surface area contributed by atoms with E-state index in [2.05, 4.69) is 32.7 Å². The predicted octanol–water partition coefficient (Wildman–Crippen LogP) is 4.82. The number of halogens is 2. The predicted molar refractivity (Wildman–Crippen MR) is 150 cm³/mol. The van der Waals surface area contributed by atoms with Crippen LogP contribution in [0.2, 0.25) is 5.02 Å². The quantitative estimate of drug-likeness (QED) is 0.204. The van der Waals surface area contributed by atoms with Gasteiger partial charge in [-0.25, -0.2) is 4.98 Å². The minimum Gasteiger partial charge on any atom is -0.493 e. The first kappa shape index (κ1) is 24.8. The average Bonchev–Trinajstić information content (AvgIpc) is 3.30. The molecule has 186 valence electrons. The number of rotatable bonds is 7. The van der Waals surface area contributed by atoms with Crippen LogP contribution in [0.15, 0.2) is 75.0 Å². The first-order valence-electron chi connectivity index (χ1n) is 10.9. The van der Waals surface area contributed by atoms with Crippen LogP contribution in [0.3, 0.4) is 0 Å². The summed E-state index contributed by atoms with van der Waals surface area (Å²) in [5.74, 6) is 0.750. The number of fused-ring (bicyclic) bond motifs is 2. The number of methoxy groups -OCH3 is 1. The molecule has 9 nitrogen and oxygen atoms in total. The number of primary amides is 1. The van der Waals surface area contributed by atoms with Crippen LogP contribution in [0, 0.1) is 3.57 Å². The van der Waals surface area contributed by atoms with Crippen LogP contribution in [-0.2, 0) is 4.79 Å². The number of nitrogens with two attached hydrogens (primary N) is 1. The molecule has 37 heavy (non-hydrogen) atoms. The van der Waals surface area contributed by atoms with Crippen molar-refractivity contribution in [3.63, 3.8) is 0 Å². The Bertz CT molecular complexity index is 1760. The van der Waals surface area contributed by atoms with E-state index in [4.69, 9.17) is 31.2 Å². The van der Waals surface area contributed by atoms with Crippen LogP contribution in [0.25, 0.3) is 33.5 Å². The van der Waals surface area contributed by atoms with Gasteiger partial charge in [0.1, 0.15) is 5.58 Å². The summed E-state index contributed by atoms with van der Waals surface area (Å²) in [5.41, 5.74) is 6.56. The number of para-hydroxylation sites is 1. The number of nitrogens with zero attached hydrogens (tertiary/aromatic N) is 3. The lowest BCUT2D eigenvalue weighted by Crippen LogP contribution is -2.20. The van der Waals surface area contributed by atoms with Crippen molar-refractivity contribution in [2.24, 2.45) is 10.8 Å². The zero-order chi connectivity index (χ0) is 26.1. The fourth-order valence-corrected chi connectivity index (χ4v) is 4.70. The van der Waals surface area contributed by atoms with Crippen LogP contribution in [-0.4, -0.2) is 35.5 Å². The van der Waals surface area contributed by atoms with Gasteiger partial charge in [0.2, 0.25) is 5.82 Å². The van der Waals surface area contributed by atoms with Crippen LogP contribution in [0.4, 0.5) is 0 Å². The van der Waals surface area contributed by atoms with E-state index in [1.165, 1.54) is 18.0 Å². The van der Waals surface area contributed by atoms with E-state index < -0.39 is 5.91 Å². The lowest BCUT2D eigenvalue weighted by Gasteiger charge is -2.12. The summed E-state index contributed by atoms with van der Waals surface area (Å²) in [6.07, 6.45) is 1.50. The molecule has 11 heteroatoms. The molecule has 0 radical (unpaired) electrons. The van der Waals surface area contributed by atoms with Crippen LogP contribution < -0.4 is 20.8 Å². The van der Waals surface area contributed by atoms with Gasteiger partial charge in [0.15, 0.2) is 23.9 Å². The molecule has 0 saturated heterocycles. The second-order valence-corrected chi connectivity index (χ2v) is 9.49. The fourth-order valence-electron chi connectivity index (χ4n) is 3.74. The molecule has 0 atom stereocenters. The Labute approximate surface area is 228 Å². The molecule has 2 heterocycles. The normalized spacial score (nSPS) is 11.4. The summed E-state index contributed by atoms with van der Waals surface area (Å²) in [6.45, 7) is -0.288. The Balaban J connectivity index is 1.63. The Morgan fingerprint density at radius 3 is 2.81 bits per heavy atom. The van der Waals surface area contributed by atoms with Crippen molar-refractivity contribution in [3.05, 3.63) is 85.2 Å². The molecule has 1 amide bonds. The molecule has 0 aliphatic carbocycles. The van der Waals surface area contributed by atoms with E-state index in [9.17, 15) is 9.59 Å². The van der Waals surface area contributed by atoms with Crippen molar-refractivity contribution in [2.45, 2.75) is 0 Å². The number of amides is 1. The Kier molecular flexibility index (Phi) is 6.85. The van der Waals surface area contributed by atoms with Gasteiger partial charge in [0.25, 0.3) is 11.5 Å². The van der Waals surface area contributed by atoms with Gasteiger partial charge >= 0.3 is 0 Å². The van der Waals surface area contributed by atoms with E-state index >= 15 is 0 Å². The molecule has 3 aromatic carbocycles. The van der Waals surface area contributed by atoms with Gasteiger partial charge in [0.05, 0.1) is 27.8 Å². The largest absolute Gasteiger partial charge is 0.493 e. The molecule has 0 spiro atoms. The van der Waals surface area contributed by atoms with Crippen LogP contribution in [0.1, 0.15) is 5.56 Å². The van der Waals surface area contributed by atoms with Gasteiger partial charge in [-0.3, -0.25) is 9.59 Å². The molecular weight excluding hydrogens is 611 g/mol. The summed E-state index contributed by atoms with van der Waals surface area (Å²) in [5, 5.41) is 6.21. The number of ether oxygens (including phenoxy) is 2. The molecule has 0 saturated carbocycles. The van der Waals surface area contributed by atoms with Crippen molar-refractivity contribution in [2.75, 3.05) is 13.7 Å². The highest BCUT2D eigenvalue weighted by molar-refractivity contribution is 14.1. The zero-order valence-electron chi connectivity index (χ0n) is 19.3. The van der Waals surface area contributed by atoms with Gasteiger partial charge in [0, 0.05) is 10.4 Å². The molecule has 5 rings (SSSR count). The number of benzene rings is 3. The third kappa shape index (κ3) is 5.02. The van der Waals surface area contributed by atoms with E-state index in [-0.39, 0.29) is 18.0 Å². The number of hydrogen-bond acceptors (Lipinski definition) is 7. The minimum atomic E-state index is -0.605. The van der Waals surface area contributed by atoms with Crippen LogP contribution >= 0.6 is 34.2 Å². The fraction of sp³-hybridized carbons (Fsp3) is 0.0769. The van der Waals surface area contributed by atoms with E-state index in [0.717, 1.165) is 5.39 Å². The van der Waals surface area contributed by atoms with E-state index in [1.54, 1.807) is 60.7 Å². The smallest absolute Gasteiger partial charge is 0.282 e. The third-order valence-corrected chi connectivity index (χ3v) is 6.42. The van der Waals surface area contributed by atoms with Crippen molar-refractivity contribution in [3.8, 4) is 23.1 Å². The molecule has 2 aromatic heterocycles. The summed E-state index contributed by atoms with van der Waals surface area (Å²) < 4.78 is 18.8. The van der Waals surface area contributed by atoms with Crippen molar-refractivity contribution >= 4 is 68.2 Å². The second-order valence-electron chi connectivity index (χ2n) is 7.90. The maximum Gasteiger partial charge on any atom is 0.282 e. The Morgan fingerprint density at radius 1 is 1.22 bits per heavy atom. The lowest BCUT2D eigenvalue weighted by molar-refractivity contribution is -0.119. The molecule has 0 aliphatic rings. The number of furan rings is 1. The first-order chi connectivity index (χ1) is 17.8. The average molecular weight is 629 g/mol. The number of carbonyl (C=O) groups is 1. The summed E-state index contributed by atoms with van der Waals surface area (Å²) in [6, 6.07) is 17.5. The van der Waals surface area contributed by atoms with Crippen molar-refractivity contribution in [1.29, 1.82) is 0 Å². The zero-order valence-corrected chi connectivity index (χ0v) is 22.2. The highest BCUT2D eigenvalue weighted by Gasteiger charge is 2.17.